The van der Waals surface area contributed by atoms with Crippen molar-refractivity contribution in [1.29, 1.82) is 0 Å². The van der Waals surface area contributed by atoms with Crippen LogP contribution in [-0.4, -0.2) is 29.2 Å². The van der Waals surface area contributed by atoms with E-state index >= 15 is 0 Å². The SMILES string of the molecule is O=C(NC(c1ccccc1)c1nnc(N2CCCC2)o1)c1ccc(Br)o1. The predicted molar refractivity (Wildman–Crippen MR) is 97.9 cm³/mol. The maximum atomic E-state index is 12.6. The molecule has 1 aliphatic rings. The fourth-order valence-corrected chi connectivity index (χ4v) is 3.26. The third-order valence-corrected chi connectivity index (χ3v) is 4.69. The smallest absolute Gasteiger partial charge is 0.318 e. The van der Waals surface area contributed by atoms with Gasteiger partial charge in [0.15, 0.2) is 10.4 Å². The summed E-state index contributed by atoms with van der Waals surface area (Å²) in [7, 11) is 0. The van der Waals surface area contributed by atoms with Crippen LogP contribution in [-0.2, 0) is 0 Å². The number of furan rings is 1. The minimum atomic E-state index is -0.559. The van der Waals surface area contributed by atoms with Gasteiger partial charge in [-0.15, -0.1) is 5.10 Å². The number of aromatic nitrogens is 2. The van der Waals surface area contributed by atoms with Crippen LogP contribution in [0.4, 0.5) is 6.01 Å². The van der Waals surface area contributed by atoms with Crippen LogP contribution < -0.4 is 10.2 Å². The topological polar surface area (TPSA) is 84.4 Å². The first-order chi connectivity index (χ1) is 12.7. The Bertz CT molecular complexity index is 887. The van der Waals surface area contributed by atoms with Crippen LogP contribution in [0.25, 0.3) is 0 Å². The average molecular weight is 417 g/mol. The van der Waals surface area contributed by atoms with Crippen molar-refractivity contribution in [2.24, 2.45) is 0 Å². The fourth-order valence-electron chi connectivity index (χ4n) is 2.95. The Kier molecular flexibility index (Phi) is 4.75. The van der Waals surface area contributed by atoms with Crippen molar-refractivity contribution < 1.29 is 13.6 Å². The first-order valence-corrected chi connectivity index (χ1v) is 9.19. The Labute approximate surface area is 158 Å². The Morgan fingerprint density at radius 3 is 2.54 bits per heavy atom. The third kappa shape index (κ3) is 3.50. The second-order valence-corrected chi connectivity index (χ2v) is 6.82. The van der Waals surface area contributed by atoms with Crippen molar-refractivity contribution in [3.8, 4) is 0 Å². The normalized spacial score (nSPS) is 15.2. The molecule has 0 aliphatic carbocycles. The van der Waals surface area contributed by atoms with Crippen molar-refractivity contribution in [2.45, 2.75) is 18.9 Å². The maximum Gasteiger partial charge on any atom is 0.318 e. The van der Waals surface area contributed by atoms with Crippen molar-refractivity contribution >= 4 is 27.9 Å². The number of benzene rings is 1. The van der Waals surface area contributed by atoms with E-state index in [2.05, 4.69) is 36.3 Å². The number of anilines is 1. The van der Waals surface area contributed by atoms with Gasteiger partial charge in [0.2, 0.25) is 5.89 Å². The number of nitrogens with one attached hydrogen (secondary N) is 1. The van der Waals surface area contributed by atoms with E-state index in [0.29, 0.717) is 16.6 Å². The summed E-state index contributed by atoms with van der Waals surface area (Å²) in [4.78, 5) is 14.6. The number of amides is 1. The van der Waals surface area contributed by atoms with Gasteiger partial charge in [-0.3, -0.25) is 4.79 Å². The molecule has 1 saturated heterocycles. The Balaban J connectivity index is 1.62. The second-order valence-electron chi connectivity index (χ2n) is 6.04. The minimum Gasteiger partial charge on any atom is -0.444 e. The van der Waals surface area contributed by atoms with Gasteiger partial charge >= 0.3 is 6.01 Å². The number of hydrogen-bond acceptors (Lipinski definition) is 6. The van der Waals surface area contributed by atoms with E-state index < -0.39 is 6.04 Å². The molecule has 1 aliphatic heterocycles. The molecule has 1 N–H and O–H groups in total. The molecule has 8 heteroatoms. The van der Waals surface area contributed by atoms with E-state index in [0.717, 1.165) is 31.5 Å². The van der Waals surface area contributed by atoms with Gasteiger partial charge in [-0.25, -0.2) is 0 Å². The summed E-state index contributed by atoms with van der Waals surface area (Å²) < 4.78 is 11.7. The van der Waals surface area contributed by atoms with Crippen molar-refractivity contribution in [1.82, 2.24) is 15.5 Å². The zero-order chi connectivity index (χ0) is 17.9. The summed E-state index contributed by atoms with van der Waals surface area (Å²) in [5.41, 5.74) is 0.850. The third-order valence-electron chi connectivity index (χ3n) is 4.26. The summed E-state index contributed by atoms with van der Waals surface area (Å²) in [6.07, 6.45) is 2.23. The van der Waals surface area contributed by atoms with E-state index in [1.165, 1.54) is 0 Å². The zero-order valence-corrected chi connectivity index (χ0v) is 15.5. The molecule has 1 fully saturated rings. The molecule has 0 spiro atoms. The Hall–Kier alpha value is -2.61. The fraction of sp³-hybridized carbons (Fsp3) is 0.278. The molecule has 2 aromatic heterocycles. The lowest BCUT2D eigenvalue weighted by molar-refractivity contribution is 0.0908. The average Bonchev–Trinajstić information content (AvgIpc) is 3.41. The molecular formula is C18H17BrN4O3. The number of halogens is 1. The monoisotopic (exact) mass is 416 g/mol. The summed E-state index contributed by atoms with van der Waals surface area (Å²) in [5, 5.41) is 11.2. The Morgan fingerprint density at radius 1 is 1.08 bits per heavy atom. The van der Waals surface area contributed by atoms with Crippen LogP contribution in [0.15, 0.2) is 56.0 Å². The van der Waals surface area contributed by atoms with Gasteiger partial charge in [-0.05, 0) is 46.5 Å². The van der Waals surface area contributed by atoms with Gasteiger partial charge in [0.25, 0.3) is 5.91 Å². The standard InChI is InChI=1S/C18H17BrN4O3/c19-14-9-8-13(25-14)16(24)20-15(12-6-2-1-3-7-12)17-21-22-18(26-17)23-10-4-5-11-23/h1-3,6-9,15H,4-5,10-11H2,(H,20,24). The van der Waals surface area contributed by atoms with Crippen molar-refractivity contribution in [3.63, 3.8) is 0 Å². The minimum absolute atomic E-state index is 0.206. The second kappa shape index (κ2) is 7.33. The molecule has 0 radical (unpaired) electrons. The number of rotatable bonds is 5. The van der Waals surface area contributed by atoms with E-state index in [4.69, 9.17) is 8.83 Å². The van der Waals surface area contributed by atoms with Crippen LogP contribution >= 0.6 is 15.9 Å². The molecule has 1 unspecified atom stereocenters. The van der Waals surface area contributed by atoms with E-state index in [1.807, 2.05) is 30.3 Å². The molecule has 26 heavy (non-hydrogen) atoms. The van der Waals surface area contributed by atoms with Crippen molar-refractivity contribution in [2.75, 3.05) is 18.0 Å². The van der Waals surface area contributed by atoms with Crippen molar-refractivity contribution in [3.05, 3.63) is 64.3 Å². The highest BCUT2D eigenvalue weighted by Gasteiger charge is 2.26. The maximum absolute atomic E-state index is 12.6. The van der Waals surface area contributed by atoms with Gasteiger partial charge < -0.3 is 19.1 Å². The van der Waals surface area contributed by atoms with Crippen LogP contribution in [0, 0.1) is 0 Å². The molecule has 4 rings (SSSR count). The molecule has 1 aromatic carbocycles. The van der Waals surface area contributed by atoms with Crippen LogP contribution in [0.1, 0.15) is 40.9 Å². The lowest BCUT2D eigenvalue weighted by atomic mass is 10.1. The highest BCUT2D eigenvalue weighted by atomic mass is 79.9. The van der Waals surface area contributed by atoms with Crippen LogP contribution in [0.3, 0.4) is 0 Å². The number of hydrogen-bond donors (Lipinski definition) is 1. The van der Waals surface area contributed by atoms with Gasteiger partial charge in [0.05, 0.1) is 0 Å². The molecule has 0 saturated carbocycles. The zero-order valence-electron chi connectivity index (χ0n) is 13.9. The number of nitrogens with zero attached hydrogens (tertiary/aromatic N) is 3. The summed E-state index contributed by atoms with van der Waals surface area (Å²) in [5.74, 6) is 0.194. The largest absolute Gasteiger partial charge is 0.444 e. The van der Waals surface area contributed by atoms with Crippen LogP contribution in [0.5, 0.6) is 0 Å². The molecule has 0 bridgehead atoms. The van der Waals surface area contributed by atoms with Crippen LogP contribution in [0.2, 0.25) is 0 Å². The number of carbonyl (C=O) groups is 1. The molecule has 7 nitrogen and oxygen atoms in total. The molecule has 134 valence electrons. The quantitative estimate of drug-likeness (QED) is 0.684. The predicted octanol–water partition coefficient (Wildman–Crippen LogP) is 3.54. The lowest BCUT2D eigenvalue weighted by Crippen LogP contribution is -2.29. The highest BCUT2D eigenvalue weighted by Crippen LogP contribution is 2.26. The molecular weight excluding hydrogens is 400 g/mol. The summed E-state index contributed by atoms with van der Waals surface area (Å²) >= 11 is 3.20. The first-order valence-electron chi connectivity index (χ1n) is 8.40. The van der Waals surface area contributed by atoms with Gasteiger partial charge in [-0.1, -0.05) is 35.4 Å². The molecule has 3 heterocycles. The van der Waals surface area contributed by atoms with E-state index in [-0.39, 0.29) is 11.7 Å². The van der Waals surface area contributed by atoms with E-state index in [1.54, 1.807) is 12.1 Å². The van der Waals surface area contributed by atoms with E-state index in [9.17, 15) is 4.79 Å². The first kappa shape index (κ1) is 16.8. The molecule has 3 aromatic rings. The van der Waals surface area contributed by atoms with Gasteiger partial charge in [0.1, 0.15) is 6.04 Å². The number of carbonyl (C=O) groups excluding carboxylic acids is 1. The molecule has 1 amide bonds. The summed E-state index contributed by atoms with van der Waals surface area (Å²) in [6.45, 7) is 1.81. The molecule has 1 atom stereocenters. The summed E-state index contributed by atoms with van der Waals surface area (Å²) in [6, 6.07) is 12.7. The lowest BCUT2D eigenvalue weighted by Gasteiger charge is -2.15. The van der Waals surface area contributed by atoms with Gasteiger partial charge in [-0.2, -0.15) is 0 Å². The van der Waals surface area contributed by atoms with Gasteiger partial charge in [0, 0.05) is 13.1 Å². The highest BCUT2D eigenvalue weighted by molar-refractivity contribution is 9.10. The Morgan fingerprint density at radius 2 is 1.85 bits per heavy atom.